The van der Waals surface area contributed by atoms with E-state index in [-0.39, 0.29) is 0 Å². The molecule has 0 aromatic heterocycles. The van der Waals surface area contributed by atoms with Crippen LogP contribution in [0.5, 0.6) is 0 Å². The molecule has 0 aliphatic heterocycles. The molecular formula is C17H34OSi. The lowest BCUT2D eigenvalue weighted by Crippen LogP contribution is -2.51. The van der Waals surface area contributed by atoms with Crippen molar-refractivity contribution in [3.63, 3.8) is 0 Å². The van der Waals surface area contributed by atoms with Crippen LogP contribution in [0.2, 0.25) is 18.1 Å². The highest BCUT2D eigenvalue weighted by Crippen LogP contribution is 2.51. The minimum absolute atomic E-state index is 0.295. The van der Waals surface area contributed by atoms with Gasteiger partial charge >= 0.3 is 0 Å². The SMILES string of the molecule is C=CCC(O[Si](C)(C)C(C)(C)C)C1(CCC)CCC1. The molecule has 1 rings (SSSR count). The zero-order valence-corrected chi connectivity index (χ0v) is 15.0. The first-order valence-corrected chi connectivity index (χ1v) is 10.9. The number of hydrogen-bond donors (Lipinski definition) is 0. The predicted molar refractivity (Wildman–Crippen MR) is 88.1 cm³/mol. The molecule has 1 fully saturated rings. The summed E-state index contributed by atoms with van der Waals surface area (Å²) in [6.07, 6.45) is 10.2. The highest BCUT2D eigenvalue weighted by molar-refractivity contribution is 6.74. The van der Waals surface area contributed by atoms with Crippen LogP contribution >= 0.6 is 0 Å². The molecular weight excluding hydrogens is 248 g/mol. The van der Waals surface area contributed by atoms with E-state index in [4.69, 9.17) is 4.43 Å². The second kappa shape index (κ2) is 6.13. The molecule has 1 nitrogen and oxygen atoms in total. The molecule has 0 heterocycles. The fourth-order valence-electron chi connectivity index (χ4n) is 2.97. The maximum Gasteiger partial charge on any atom is 0.192 e. The third-order valence-electron chi connectivity index (χ3n) is 5.40. The lowest BCUT2D eigenvalue weighted by Gasteiger charge is -2.51. The van der Waals surface area contributed by atoms with Crippen LogP contribution in [0.4, 0.5) is 0 Å². The third kappa shape index (κ3) is 3.72. The molecule has 0 N–H and O–H groups in total. The largest absolute Gasteiger partial charge is 0.413 e. The Morgan fingerprint density at radius 3 is 2.21 bits per heavy atom. The molecule has 1 saturated carbocycles. The molecule has 19 heavy (non-hydrogen) atoms. The first kappa shape index (κ1) is 17.0. The lowest BCUT2D eigenvalue weighted by molar-refractivity contribution is -0.0313. The van der Waals surface area contributed by atoms with E-state index in [0.29, 0.717) is 16.6 Å². The van der Waals surface area contributed by atoms with Gasteiger partial charge in [-0.05, 0) is 49.2 Å². The molecule has 0 radical (unpaired) electrons. The normalized spacial score (nSPS) is 20.7. The summed E-state index contributed by atoms with van der Waals surface area (Å²) in [5.74, 6) is 0. The summed E-state index contributed by atoms with van der Waals surface area (Å²) in [7, 11) is -1.67. The molecule has 0 aromatic carbocycles. The summed E-state index contributed by atoms with van der Waals surface area (Å²) in [6, 6.07) is 0. The van der Waals surface area contributed by atoms with Gasteiger partial charge in [0.05, 0.1) is 6.10 Å². The van der Waals surface area contributed by atoms with E-state index in [2.05, 4.69) is 53.4 Å². The molecule has 1 atom stereocenters. The van der Waals surface area contributed by atoms with Crippen LogP contribution in [0, 0.1) is 5.41 Å². The minimum atomic E-state index is -1.67. The Kier molecular flexibility index (Phi) is 5.48. The first-order chi connectivity index (χ1) is 8.68. The Bertz CT molecular complexity index is 297. The van der Waals surface area contributed by atoms with Crippen LogP contribution in [-0.4, -0.2) is 14.4 Å². The Labute approximate surface area is 122 Å². The highest BCUT2D eigenvalue weighted by atomic mass is 28.4. The number of rotatable bonds is 7. The first-order valence-electron chi connectivity index (χ1n) is 7.97. The van der Waals surface area contributed by atoms with E-state index >= 15 is 0 Å². The van der Waals surface area contributed by atoms with E-state index in [0.717, 1.165) is 6.42 Å². The van der Waals surface area contributed by atoms with Crippen molar-refractivity contribution in [1.82, 2.24) is 0 Å². The number of hydrogen-bond acceptors (Lipinski definition) is 1. The third-order valence-corrected chi connectivity index (χ3v) is 9.89. The zero-order valence-electron chi connectivity index (χ0n) is 14.0. The Morgan fingerprint density at radius 1 is 1.32 bits per heavy atom. The van der Waals surface area contributed by atoms with Crippen LogP contribution < -0.4 is 0 Å². The maximum atomic E-state index is 6.77. The molecule has 0 amide bonds. The Balaban J connectivity index is 2.86. The fraction of sp³-hybridized carbons (Fsp3) is 0.882. The van der Waals surface area contributed by atoms with Crippen LogP contribution in [0.25, 0.3) is 0 Å². The molecule has 112 valence electrons. The quantitative estimate of drug-likeness (QED) is 0.416. The van der Waals surface area contributed by atoms with Gasteiger partial charge in [0.2, 0.25) is 0 Å². The van der Waals surface area contributed by atoms with Crippen LogP contribution in [0.15, 0.2) is 12.7 Å². The fourth-order valence-corrected chi connectivity index (χ4v) is 4.38. The summed E-state index contributed by atoms with van der Waals surface area (Å²) < 4.78 is 6.77. The second-order valence-electron chi connectivity index (χ2n) is 7.86. The van der Waals surface area contributed by atoms with Crippen LogP contribution in [0.1, 0.15) is 66.2 Å². The van der Waals surface area contributed by atoms with Gasteiger partial charge in [-0.2, -0.15) is 0 Å². The Hall–Kier alpha value is -0.0831. The summed E-state index contributed by atoms with van der Waals surface area (Å²) in [5.41, 5.74) is 0.457. The predicted octanol–water partition coefficient (Wildman–Crippen LogP) is 5.92. The van der Waals surface area contributed by atoms with Crippen molar-refractivity contribution < 1.29 is 4.43 Å². The van der Waals surface area contributed by atoms with Crippen molar-refractivity contribution in [1.29, 1.82) is 0 Å². The van der Waals surface area contributed by atoms with Gasteiger partial charge in [0.15, 0.2) is 8.32 Å². The molecule has 0 spiro atoms. The van der Waals surface area contributed by atoms with E-state index in [1.54, 1.807) is 0 Å². The average molecular weight is 283 g/mol. The highest BCUT2D eigenvalue weighted by Gasteiger charge is 2.47. The smallest absolute Gasteiger partial charge is 0.192 e. The topological polar surface area (TPSA) is 9.23 Å². The van der Waals surface area contributed by atoms with Crippen molar-refractivity contribution in [3.8, 4) is 0 Å². The summed E-state index contributed by atoms with van der Waals surface area (Å²) in [6.45, 7) is 18.0. The zero-order chi connectivity index (χ0) is 14.7. The molecule has 0 saturated heterocycles. The van der Waals surface area contributed by atoms with Crippen LogP contribution in [-0.2, 0) is 4.43 Å². The standard InChI is InChI=1S/C17H34OSi/c1-8-11-15(17(12-9-2)13-10-14-17)18-19(6,7)16(3,4)5/h8,15H,1,9-14H2,2-7H3. The molecule has 1 unspecified atom stereocenters. The van der Waals surface area contributed by atoms with Crippen molar-refractivity contribution in [3.05, 3.63) is 12.7 Å². The second-order valence-corrected chi connectivity index (χ2v) is 12.6. The van der Waals surface area contributed by atoms with Crippen molar-refractivity contribution >= 4 is 8.32 Å². The van der Waals surface area contributed by atoms with Gasteiger partial charge in [0, 0.05) is 0 Å². The van der Waals surface area contributed by atoms with Crippen molar-refractivity contribution in [2.24, 2.45) is 5.41 Å². The van der Waals surface area contributed by atoms with Crippen LogP contribution in [0.3, 0.4) is 0 Å². The van der Waals surface area contributed by atoms with E-state index in [9.17, 15) is 0 Å². The maximum absolute atomic E-state index is 6.77. The van der Waals surface area contributed by atoms with Gasteiger partial charge in [-0.1, -0.05) is 46.6 Å². The molecule has 1 aliphatic rings. The lowest BCUT2D eigenvalue weighted by atomic mass is 9.62. The van der Waals surface area contributed by atoms with E-state index < -0.39 is 8.32 Å². The molecule has 1 aliphatic carbocycles. The van der Waals surface area contributed by atoms with Gasteiger partial charge in [-0.15, -0.1) is 6.58 Å². The monoisotopic (exact) mass is 282 g/mol. The van der Waals surface area contributed by atoms with Crippen molar-refractivity contribution in [2.45, 2.75) is 90.5 Å². The van der Waals surface area contributed by atoms with E-state index in [1.807, 2.05) is 0 Å². The Morgan fingerprint density at radius 2 is 1.89 bits per heavy atom. The van der Waals surface area contributed by atoms with Gasteiger partial charge in [-0.25, -0.2) is 0 Å². The van der Waals surface area contributed by atoms with E-state index in [1.165, 1.54) is 32.1 Å². The van der Waals surface area contributed by atoms with Gasteiger partial charge in [0.25, 0.3) is 0 Å². The van der Waals surface area contributed by atoms with Crippen molar-refractivity contribution in [2.75, 3.05) is 0 Å². The molecule has 2 heteroatoms. The van der Waals surface area contributed by atoms with Gasteiger partial charge in [-0.3, -0.25) is 0 Å². The average Bonchev–Trinajstić information content (AvgIpc) is 2.21. The minimum Gasteiger partial charge on any atom is -0.413 e. The molecule has 0 bridgehead atoms. The van der Waals surface area contributed by atoms with Gasteiger partial charge < -0.3 is 4.43 Å². The summed E-state index contributed by atoms with van der Waals surface area (Å²) in [5, 5.41) is 0.295. The molecule has 0 aromatic rings. The summed E-state index contributed by atoms with van der Waals surface area (Å²) >= 11 is 0. The van der Waals surface area contributed by atoms with Gasteiger partial charge in [0.1, 0.15) is 0 Å². The summed E-state index contributed by atoms with van der Waals surface area (Å²) in [4.78, 5) is 0.